The molecule has 24 heavy (non-hydrogen) atoms. The number of aromatic nitrogens is 1. The number of nitrogens with zero attached hydrogens (tertiary/aromatic N) is 2. The normalized spacial score (nSPS) is 12.7. The summed E-state index contributed by atoms with van der Waals surface area (Å²) in [5.74, 6) is 1.23. The van der Waals surface area contributed by atoms with Crippen LogP contribution >= 0.6 is 11.6 Å². The molecule has 0 amide bonds. The zero-order valence-electron chi connectivity index (χ0n) is 13.5. The molecule has 0 fully saturated rings. The molecule has 1 unspecified atom stereocenters. The van der Waals surface area contributed by atoms with Crippen molar-refractivity contribution in [1.29, 1.82) is 0 Å². The van der Waals surface area contributed by atoms with Gasteiger partial charge in [-0.1, -0.05) is 35.9 Å². The van der Waals surface area contributed by atoms with Crippen molar-refractivity contribution in [2.24, 2.45) is 4.99 Å². The third-order valence-corrected chi connectivity index (χ3v) is 4.90. The fourth-order valence-electron chi connectivity index (χ4n) is 2.05. The van der Waals surface area contributed by atoms with Crippen molar-refractivity contribution in [3.63, 3.8) is 0 Å². The molecule has 128 valence electrons. The van der Waals surface area contributed by atoms with Crippen molar-refractivity contribution in [3.8, 4) is 0 Å². The Morgan fingerprint density at radius 2 is 1.92 bits per heavy atom. The van der Waals surface area contributed by atoms with Crippen molar-refractivity contribution >= 4 is 28.4 Å². The number of aliphatic imine (C=N–C) groups is 1. The Bertz CT molecular complexity index is 677. The molecule has 0 saturated heterocycles. The maximum Gasteiger partial charge on any atom is 0.191 e. The standard InChI is InChI=1S/C17H21ClN4OS/c1-19-17(20-10-9-14-7-8-16(18)22-13-14)21-11-12-24(23)15-5-3-2-4-6-15/h2-8,13H,9-12H2,1H3,(H2,19,20,21). The smallest absolute Gasteiger partial charge is 0.191 e. The van der Waals surface area contributed by atoms with E-state index < -0.39 is 10.8 Å². The molecular weight excluding hydrogens is 344 g/mol. The van der Waals surface area contributed by atoms with Crippen molar-refractivity contribution in [2.75, 3.05) is 25.9 Å². The van der Waals surface area contributed by atoms with E-state index in [0.717, 1.165) is 23.4 Å². The van der Waals surface area contributed by atoms with E-state index in [2.05, 4.69) is 20.6 Å². The van der Waals surface area contributed by atoms with Crippen LogP contribution in [-0.4, -0.2) is 41.0 Å². The summed E-state index contributed by atoms with van der Waals surface area (Å²) in [6, 6.07) is 13.2. The van der Waals surface area contributed by atoms with Crippen LogP contribution in [0.2, 0.25) is 5.15 Å². The minimum atomic E-state index is -1.01. The SMILES string of the molecule is CN=C(NCCc1ccc(Cl)nc1)NCCS(=O)c1ccccc1. The third kappa shape index (κ3) is 6.29. The van der Waals surface area contributed by atoms with Gasteiger partial charge >= 0.3 is 0 Å². The monoisotopic (exact) mass is 364 g/mol. The van der Waals surface area contributed by atoms with Gasteiger partial charge in [0.1, 0.15) is 5.15 Å². The molecule has 1 aromatic carbocycles. The van der Waals surface area contributed by atoms with Crippen LogP contribution in [0.3, 0.4) is 0 Å². The summed E-state index contributed by atoms with van der Waals surface area (Å²) in [4.78, 5) is 9.06. The Morgan fingerprint density at radius 3 is 2.58 bits per heavy atom. The van der Waals surface area contributed by atoms with Gasteiger partial charge in [0.05, 0.1) is 10.8 Å². The van der Waals surface area contributed by atoms with Crippen LogP contribution in [0.25, 0.3) is 0 Å². The van der Waals surface area contributed by atoms with Gasteiger partial charge in [-0.2, -0.15) is 0 Å². The molecular formula is C17H21ClN4OS. The molecule has 0 bridgehead atoms. The molecule has 0 radical (unpaired) electrons. The summed E-state index contributed by atoms with van der Waals surface area (Å²) in [5.41, 5.74) is 1.10. The van der Waals surface area contributed by atoms with Crippen LogP contribution in [0.4, 0.5) is 0 Å². The number of rotatable bonds is 7. The van der Waals surface area contributed by atoms with Gasteiger partial charge in [0.15, 0.2) is 5.96 Å². The molecule has 2 aromatic rings. The molecule has 1 atom stereocenters. The third-order valence-electron chi connectivity index (χ3n) is 3.30. The first-order chi connectivity index (χ1) is 11.7. The first-order valence-electron chi connectivity index (χ1n) is 7.67. The zero-order valence-corrected chi connectivity index (χ0v) is 15.1. The maximum atomic E-state index is 12.1. The molecule has 0 aliphatic heterocycles. The fraction of sp³-hybridized carbons (Fsp3) is 0.294. The second-order valence-corrected chi connectivity index (χ2v) is 6.99. The van der Waals surface area contributed by atoms with E-state index in [4.69, 9.17) is 11.6 Å². The number of pyridine rings is 1. The van der Waals surface area contributed by atoms with Crippen LogP contribution in [-0.2, 0) is 17.2 Å². The van der Waals surface area contributed by atoms with Gasteiger partial charge in [-0.25, -0.2) is 4.98 Å². The van der Waals surface area contributed by atoms with Gasteiger partial charge < -0.3 is 10.6 Å². The zero-order chi connectivity index (χ0) is 17.2. The fourth-order valence-corrected chi connectivity index (χ4v) is 3.15. The second kappa shape index (κ2) is 10.1. The van der Waals surface area contributed by atoms with Crippen molar-refractivity contribution in [1.82, 2.24) is 15.6 Å². The summed E-state index contributed by atoms with van der Waals surface area (Å²) >= 11 is 5.76. The summed E-state index contributed by atoms with van der Waals surface area (Å²) in [6.07, 6.45) is 2.59. The molecule has 0 aliphatic carbocycles. The second-order valence-electron chi connectivity index (χ2n) is 5.03. The van der Waals surface area contributed by atoms with E-state index in [1.807, 2.05) is 36.4 Å². The average Bonchev–Trinajstić information content (AvgIpc) is 2.62. The van der Waals surface area contributed by atoms with Gasteiger partial charge in [0.2, 0.25) is 0 Å². The number of benzene rings is 1. The van der Waals surface area contributed by atoms with E-state index in [1.54, 1.807) is 19.3 Å². The van der Waals surface area contributed by atoms with E-state index in [9.17, 15) is 4.21 Å². The van der Waals surface area contributed by atoms with Gasteiger partial charge in [0, 0.05) is 37.0 Å². The topological polar surface area (TPSA) is 66.4 Å². The highest BCUT2D eigenvalue weighted by atomic mass is 35.5. The predicted octanol–water partition coefficient (Wildman–Crippen LogP) is 2.25. The van der Waals surface area contributed by atoms with Crippen LogP contribution in [0.1, 0.15) is 5.56 Å². The number of nitrogens with one attached hydrogen (secondary N) is 2. The van der Waals surface area contributed by atoms with Crippen LogP contribution in [0, 0.1) is 0 Å². The minimum absolute atomic E-state index is 0.496. The summed E-state index contributed by atoms with van der Waals surface area (Å²) < 4.78 is 12.1. The first-order valence-corrected chi connectivity index (χ1v) is 9.37. The maximum absolute atomic E-state index is 12.1. The Kier molecular flexibility index (Phi) is 7.71. The van der Waals surface area contributed by atoms with E-state index >= 15 is 0 Å². The quantitative estimate of drug-likeness (QED) is 0.449. The van der Waals surface area contributed by atoms with Gasteiger partial charge in [-0.3, -0.25) is 9.20 Å². The predicted molar refractivity (Wildman–Crippen MR) is 100 cm³/mol. The van der Waals surface area contributed by atoms with E-state index in [1.165, 1.54) is 0 Å². The molecule has 5 nitrogen and oxygen atoms in total. The first kappa shape index (κ1) is 18.4. The lowest BCUT2D eigenvalue weighted by Gasteiger charge is -2.11. The number of hydrogen-bond donors (Lipinski definition) is 2. The summed E-state index contributed by atoms with van der Waals surface area (Å²) in [5, 5.41) is 6.90. The van der Waals surface area contributed by atoms with Crippen molar-refractivity contribution in [2.45, 2.75) is 11.3 Å². The number of halogens is 1. The van der Waals surface area contributed by atoms with E-state index in [-0.39, 0.29) is 0 Å². The Labute approximate surface area is 150 Å². The lowest BCUT2D eigenvalue weighted by atomic mass is 10.2. The lowest BCUT2D eigenvalue weighted by Crippen LogP contribution is -2.40. The summed E-state index contributed by atoms with van der Waals surface area (Å²) in [7, 11) is 0.710. The van der Waals surface area contributed by atoms with Crippen LogP contribution in [0.15, 0.2) is 58.5 Å². The molecule has 7 heteroatoms. The Morgan fingerprint density at radius 1 is 1.17 bits per heavy atom. The summed E-state index contributed by atoms with van der Waals surface area (Å²) in [6.45, 7) is 1.31. The molecule has 0 spiro atoms. The number of hydrogen-bond acceptors (Lipinski definition) is 3. The average molecular weight is 365 g/mol. The molecule has 1 heterocycles. The Balaban J connectivity index is 1.69. The minimum Gasteiger partial charge on any atom is -0.356 e. The largest absolute Gasteiger partial charge is 0.356 e. The molecule has 0 saturated carbocycles. The van der Waals surface area contributed by atoms with Gasteiger partial charge in [0.25, 0.3) is 0 Å². The van der Waals surface area contributed by atoms with E-state index in [0.29, 0.717) is 23.4 Å². The van der Waals surface area contributed by atoms with Crippen LogP contribution in [0.5, 0.6) is 0 Å². The molecule has 0 aliphatic rings. The molecule has 2 N–H and O–H groups in total. The number of guanidine groups is 1. The van der Waals surface area contributed by atoms with Crippen molar-refractivity contribution < 1.29 is 4.21 Å². The molecule has 2 rings (SSSR count). The highest BCUT2D eigenvalue weighted by Gasteiger charge is 2.04. The van der Waals surface area contributed by atoms with Crippen molar-refractivity contribution in [3.05, 3.63) is 59.4 Å². The molecule has 1 aromatic heterocycles. The van der Waals surface area contributed by atoms with Crippen LogP contribution < -0.4 is 10.6 Å². The highest BCUT2D eigenvalue weighted by molar-refractivity contribution is 7.85. The highest BCUT2D eigenvalue weighted by Crippen LogP contribution is 2.05. The lowest BCUT2D eigenvalue weighted by molar-refractivity contribution is 0.681. The van der Waals surface area contributed by atoms with Gasteiger partial charge in [-0.15, -0.1) is 0 Å². The Hall–Kier alpha value is -1.92. The van der Waals surface area contributed by atoms with Gasteiger partial charge in [-0.05, 0) is 30.2 Å².